The summed E-state index contributed by atoms with van der Waals surface area (Å²) in [5.41, 5.74) is 3.60. The third kappa shape index (κ3) is 2.32. The fourth-order valence-electron chi connectivity index (χ4n) is 3.24. The van der Waals surface area contributed by atoms with Crippen molar-refractivity contribution in [2.45, 2.75) is 26.0 Å². The molecule has 3 rings (SSSR count). The van der Waals surface area contributed by atoms with Crippen molar-refractivity contribution in [3.05, 3.63) is 28.8 Å². The van der Waals surface area contributed by atoms with Crippen LogP contribution in [0, 0.1) is 13.8 Å². The zero-order valence-corrected chi connectivity index (χ0v) is 12.6. The number of piperazine rings is 1. The lowest BCUT2D eigenvalue weighted by Crippen LogP contribution is -2.50. The zero-order chi connectivity index (χ0) is 14.3. The Balaban J connectivity index is 1.94. The molecule has 0 amide bonds. The van der Waals surface area contributed by atoms with E-state index >= 15 is 0 Å². The van der Waals surface area contributed by atoms with E-state index in [1.807, 2.05) is 0 Å². The molecule has 1 saturated heterocycles. The molecule has 0 spiro atoms. The van der Waals surface area contributed by atoms with Crippen molar-refractivity contribution in [2.75, 3.05) is 39.8 Å². The monoisotopic (exact) mass is 276 g/mol. The van der Waals surface area contributed by atoms with Gasteiger partial charge < -0.3 is 14.7 Å². The van der Waals surface area contributed by atoms with Crippen LogP contribution < -0.4 is 4.74 Å². The van der Waals surface area contributed by atoms with Gasteiger partial charge in [0.1, 0.15) is 18.5 Å². The Labute approximate surface area is 120 Å². The van der Waals surface area contributed by atoms with E-state index in [0.717, 1.165) is 37.5 Å². The number of nitrogens with zero attached hydrogens (tertiary/aromatic N) is 2. The summed E-state index contributed by atoms with van der Waals surface area (Å²) in [6.45, 7) is 8.74. The predicted molar refractivity (Wildman–Crippen MR) is 79.2 cm³/mol. The summed E-state index contributed by atoms with van der Waals surface area (Å²) in [6.07, 6.45) is -0.437. The minimum absolute atomic E-state index is 0.0757. The largest absolute Gasteiger partial charge is 0.490 e. The van der Waals surface area contributed by atoms with Crippen molar-refractivity contribution in [1.82, 2.24) is 9.80 Å². The smallest absolute Gasteiger partial charge is 0.127 e. The standard InChI is InChI=1S/C16H24N2O2/c1-11-4-5-13-15(18-8-6-17(3)7-9-18)14(19)10-20-16(13)12(11)2/h4-5,14-15,19H,6-10H2,1-3H3. The van der Waals surface area contributed by atoms with Crippen LogP contribution in [0.25, 0.3) is 0 Å². The highest BCUT2D eigenvalue weighted by atomic mass is 16.5. The molecule has 1 aromatic rings. The highest BCUT2D eigenvalue weighted by Gasteiger charge is 2.36. The van der Waals surface area contributed by atoms with E-state index in [1.54, 1.807) is 0 Å². The summed E-state index contributed by atoms with van der Waals surface area (Å²) < 4.78 is 5.80. The highest BCUT2D eigenvalue weighted by molar-refractivity contribution is 5.48. The van der Waals surface area contributed by atoms with Crippen LogP contribution >= 0.6 is 0 Å². The van der Waals surface area contributed by atoms with Crippen molar-refractivity contribution in [3.8, 4) is 5.75 Å². The van der Waals surface area contributed by atoms with Crippen molar-refractivity contribution in [1.29, 1.82) is 0 Å². The molecular weight excluding hydrogens is 252 g/mol. The summed E-state index contributed by atoms with van der Waals surface area (Å²) in [7, 11) is 2.15. The van der Waals surface area contributed by atoms with Crippen LogP contribution in [0.15, 0.2) is 12.1 Å². The highest BCUT2D eigenvalue weighted by Crippen LogP contribution is 2.39. The molecule has 0 aliphatic carbocycles. The number of rotatable bonds is 1. The van der Waals surface area contributed by atoms with E-state index in [0.29, 0.717) is 6.61 Å². The van der Waals surface area contributed by atoms with Gasteiger partial charge in [-0.2, -0.15) is 0 Å². The van der Waals surface area contributed by atoms with Crippen molar-refractivity contribution >= 4 is 0 Å². The van der Waals surface area contributed by atoms with Crippen molar-refractivity contribution in [2.24, 2.45) is 0 Å². The summed E-state index contributed by atoms with van der Waals surface area (Å²) in [6, 6.07) is 4.34. The van der Waals surface area contributed by atoms with E-state index in [2.05, 4.69) is 42.8 Å². The molecule has 0 saturated carbocycles. The molecule has 4 heteroatoms. The van der Waals surface area contributed by atoms with Crippen LogP contribution in [-0.4, -0.2) is 60.8 Å². The van der Waals surface area contributed by atoms with Gasteiger partial charge in [0.25, 0.3) is 0 Å². The summed E-state index contributed by atoms with van der Waals surface area (Å²) in [5, 5.41) is 10.4. The van der Waals surface area contributed by atoms with Gasteiger partial charge >= 0.3 is 0 Å². The molecule has 110 valence electrons. The minimum atomic E-state index is -0.437. The van der Waals surface area contributed by atoms with E-state index < -0.39 is 6.10 Å². The molecule has 0 bridgehead atoms. The van der Waals surface area contributed by atoms with Crippen LogP contribution in [0.3, 0.4) is 0 Å². The second kappa shape index (κ2) is 5.35. The topological polar surface area (TPSA) is 35.9 Å². The number of fused-ring (bicyclic) bond motifs is 1. The Morgan fingerprint density at radius 2 is 1.85 bits per heavy atom. The van der Waals surface area contributed by atoms with Crippen LogP contribution in [0.5, 0.6) is 5.75 Å². The first-order valence-electron chi connectivity index (χ1n) is 7.41. The normalized spacial score (nSPS) is 28.0. The first-order valence-corrected chi connectivity index (χ1v) is 7.41. The van der Waals surface area contributed by atoms with E-state index in [4.69, 9.17) is 4.74 Å². The van der Waals surface area contributed by atoms with Gasteiger partial charge in [-0.3, -0.25) is 4.90 Å². The Kier molecular flexibility index (Phi) is 3.71. The molecule has 2 heterocycles. The number of ether oxygens (including phenoxy) is 1. The fraction of sp³-hybridized carbons (Fsp3) is 0.625. The Morgan fingerprint density at radius 3 is 2.55 bits per heavy atom. The Bertz CT molecular complexity index is 495. The molecule has 1 N–H and O–H groups in total. The molecule has 0 aromatic heterocycles. The maximum absolute atomic E-state index is 10.4. The van der Waals surface area contributed by atoms with Crippen LogP contribution in [0.4, 0.5) is 0 Å². The zero-order valence-electron chi connectivity index (χ0n) is 12.6. The van der Waals surface area contributed by atoms with Gasteiger partial charge in [0.05, 0.1) is 6.04 Å². The molecule has 2 atom stereocenters. The lowest BCUT2D eigenvalue weighted by atomic mass is 9.92. The Morgan fingerprint density at radius 1 is 1.15 bits per heavy atom. The summed E-state index contributed by atoms with van der Waals surface area (Å²) in [4.78, 5) is 4.74. The maximum atomic E-state index is 10.4. The van der Waals surface area contributed by atoms with Gasteiger partial charge in [-0.05, 0) is 32.0 Å². The average Bonchev–Trinajstić information content (AvgIpc) is 2.44. The number of hydrogen-bond donors (Lipinski definition) is 1. The molecular formula is C16H24N2O2. The van der Waals surface area contributed by atoms with Crippen molar-refractivity contribution in [3.63, 3.8) is 0 Å². The van der Waals surface area contributed by atoms with E-state index in [1.165, 1.54) is 11.1 Å². The number of aliphatic hydroxyl groups is 1. The SMILES string of the molecule is Cc1ccc2c(c1C)OCC(O)C2N1CCN(C)CC1. The number of aryl methyl sites for hydroxylation is 1. The quantitative estimate of drug-likeness (QED) is 0.840. The average molecular weight is 276 g/mol. The van der Waals surface area contributed by atoms with Crippen LogP contribution in [0.1, 0.15) is 22.7 Å². The molecule has 2 aliphatic rings. The summed E-state index contributed by atoms with van der Waals surface area (Å²) in [5.74, 6) is 0.985. The van der Waals surface area contributed by atoms with E-state index in [-0.39, 0.29) is 6.04 Å². The number of likely N-dealkylation sites (N-methyl/N-ethyl adjacent to an activating group) is 1. The first kappa shape index (κ1) is 13.9. The third-order valence-corrected chi connectivity index (χ3v) is 4.72. The van der Waals surface area contributed by atoms with Crippen LogP contribution in [-0.2, 0) is 0 Å². The maximum Gasteiger partial charge on any atom is 0.127 e. The van der Waals surface area contributed by atoms with Gasteiger partial charge in [-0.15, -0.1) is 0 Å². The fourth-order valence-corrected chi connectivity index (χ4v) is 3.24. The molecule has 4 nitrogen and oxygen atoms in total. The number of hydrogen-bond acceptors (Lipinski definition) is 4. The molecule has 1 fully saturated rings. The second-order valence-corrected chi connectivity index (χ2v) is 6.09. The lowest BCUT2D eigenvalue weighted by molar-refractivity contribution is -0.0155. The van der Waals surface area contributed by atoms with Gasteiger partial charge in [0.2, 0.25) is 0 Å². The van der Waals surface area contributed by atoms with Gasteiger partial charge in [-0.1, -0.05) is 12.1 Å². The summed E-state index contributed by atoms with van der Waals surface area (Å²) >= 11 is 0. The third-order valence-electron chi connectivity index (χ3n) is 4.72. The lowest BCUT2D eigenvalue weighted by Gasteiger charge is -2.42. The molecule has 0 radical (unpaired) electrons. The minimum Gasteiger partial charge on any atom is -0.490 e. The molecule has 2 aliphatic heterocycles. The number of benzene rings is 1. The molecule has 2 unspecified atom stereocenters. The van der Waals surface area contributed by atoms with Gasteiger partial charge in [0, 0.05) is 31.7 Å². The first-order chi connectivity index (χ1) is 9.58. The number of aliphatic hydroxyl groups excluding tert-OH is 1. The molecule has 1 aromatic carbocycles. The van der Waals surface area contributed by atoms with Crippen LogP contribution in [0.2, 0.25) is 0 Å². The van der Waals surface area contributed by atoms with Gasteiger partial charge in [0.15, 0.2) is 0 Å². The van der Waals surface area contributed by atoms with Crippen molar-refractivity contribution < 1.29 is 9.84 Å². The predicted octanol–water partition coefficient (Wildman–Crippen LogP) is 1.35. The van der Waals surface area contributed by atoms with Gasteiger partial charge in [-0.25, -0.2) is 0 Å². The second-order valence-electron chi connectivity index (χ2n) is 6.09. The Hall–Kier alpha value is -1.10. The van der Waals surface area contributed by atoms with E-state index in [9.17, 15) is 5.11 Å². The molecule has 20 heavy (non-hydrogen) atoms.